The van der Waals surface area contributed by atoms with Crippen LogP contribution in [0.3, 0.4) is 0 Å². The first-order valence-electron chi connectivity index (χ1n) is 8.07. The Labute approximate surface area is 178 Å². The van der Waals surface area contributed by atoms with Crippen molar-refractivity contribution in [2.24, 2.45) is 0 Å². The van der Waals surface area contributed by atoms with Crippen LogP contribution in [0.2, 0.25) is 0 Å². The SMILES string of the molecule is O=C1c2cccc([N+](=O)[O-])c2C(=O)N1O[C@@H]1CC=C[C@@H]1N(CC(Cl)(Cl)Cl)C(=O)O. The fourth-order valence-corrected chi connectivity index (χ4v) is 3.54. The van der Waals surface area contributed by atoms with E-state index in [-0.39, 0.29) is 17.5 Å². The standard InChI is InChI=1S/C16H12Cl3N3O7/c17-16(18,19)7-20(15(25)26)9-4-2-6-11(9)29-21-13(23)8-3-1-5-10(22(27)28)12(8)14(21)24/h1-5,9,11H,6-7H2,(H,25,26)/t9-,11+/m0/s1. The molecule has 1 N–H and O–H groups in total. The Bertz CT molecular complexity index is 931. The average Bonchev–Trinajstić information content (AvgIpc) is 3.17. The third-order valence-corrected chi connectivity index (χ3v) is 4.69. The molecule has 2 atom stereocenters. The van der Waals surface area contributed by atoms with E-state index < -0.39 is 51.0 Å². The van der Waals surface area contributed by atoms with Crippen molar-refractivity contribution in [1.29, 1.82) is 0 Å². The number of carbonyl (C=O) groups excluding carboxylic acids is 2. The zero-order chi connectivity index (χ0) is 21.5. The summed E-state index contributed by atoms with van der Waals surface area (Å²) in [6, 6.07) is 2.68. The molecule has 0 aromatic heterocycles. The third-order valence-electron chi connectivity index (χ3n) is 4.33. The summed E-state index contributed by atoms with van der Waals surface area (Å²) < 4.78 is -1.91. The molecule has 0 saturated heterocycles. The normalized spacial score (nSPS) is 20.9. The number of benzene rings is 1. The number of fused-ring (bicyclic) bond motifs is 1. The number of nitro benzene ring substituents is 1. The monoisotopic (exact) mass is 463 g/mol. The topological polar surface area (TPSA) is 130 Å². The van der Waals surface area contributed by atoms with Gasteiger partial charge in [-0.3, -0.25) is 29.4 Å². The van der Waals surface area contributed by atoms with Gasteiger partial charge >= 0.3 is 6.09 Å². The van der Waals surface area contributed by atoms with Crippen LogP contribution in [0.15, 0.2) is 30.4 Å². The number of nitrogens with zero attached hydrogens (tertiary/aromatic N) is 3. The fourth-order valence-electron chi connectivity index (χ4n) is 3.15. The number of halogens is 3. The number of amides is 3. The molecule has 0 unspecified atom stereocenters. The van der Waals surface area contributed by atoms with Crippen LogP contribution in [0.5, 0.6) is 0 Å². The first kappa shape index (κ1) is 21.3. The third kappa shape index (κ3) is 4.15. The predicted molar refractivity (Wildman–Crippen MR) is 101 cm³/mol. The summed E-state index contributed by atoms with van der Waals surface area (Å²) in [6.07, 6.45) is 0.836. The molecule has 0 spiro atoms. The summed E-state index contributed by atoms with van der Waals surface area (Å²) in [6.45, 7) is -0.491. The number of alkyl halides is 3. The lowest BCUT2D eigenvalue weighted by molar-refractivity contribution is -0.385. The van der Waals surface area contributed by atoms with Crippen molar-refractivity contribution >= 4 is 58.4 Å². The van der Waals surface area contributed by atoms with E-state index in [1.807, 2.05) is 0 Å². The maximum absolute atomic E-state index is 12.6. The van der Waals surface area contributed by atoms with Crippen molar-refractivity contribution in [3.8, 4) is 0 Å². The lowest BCUT2D eigenvalue weighted by Crippen LogP contribution is -2.50. The van der Waals surface area contributed by atoms with Gasteiger partial charge in [-0.2, -0.15) is 0 Å². The molecular formula is C16H12Cl3N3O7. The summed E-state index contributed by atoms with van der Waals surface area (Å²) >= 11 is 17.1. The molecule has 0 fully saturated rings. The second-order valence-electron chi connectivity index (χ2n) is 6.19. The van der Waals surface area contributed by atoms with Crippen molar-refractivity contribution in [3.05, 3.63) is 51.6 Å². The number of carbonyl (C=O) groups is 3. The van der Waals surface area contributed by atoms with Crippen LogP contribution in [-0.2, 0) is 4.84 Å². The first-order valence-corrected chi connectivity index (χ1v) is 9.20. The molecule has 3 amide bonds. The zero-order valence-corrected chi connectivity index (χ0v) is 16.6. The van der Waals surface area contributed by atoms with Crippen molar-refractivity contribution < 1.29 is 29.3 Å². The first-order chi connectivity index (χ1) is 13.5. The van der Waals surface area contributed by atoms with Gasteiger partial charge in [0.15, 0.2) is 0 Å². The van der Waals surface area contributed by atoms with Crippen molar-refractivity contribution in [2.75, 3.05) is 6.54 Å². The number of imide groups is 1. The van der Waals surface area contributed by atoms with Crippen LogP contribution in [0.4, 0.5) is 10.5 Å². The summed E-state index contributed by atoms with van der Waals surface area (Å²) in [5.41, 5.74) is -1.10. The van der Waals surface area contributed by atoms with Gasteiger partial charge in [0.1, 0.15) is 11.7 Å². The molecule has 1 heterocycles. The molecule has 0 bridgehead atoms. The largest absolute Gasteiger partial charge is 0.465 e. The van der Waals surface area contributed by atoms with Gasteiger partial charge in [0.25, 0.3) is 17.5 Å². The summed E-state index contributed by atoms with van der Waals surface area (Å²) in [7, 11) is 0. The lowest BCUT2D eigenvalue weighted by atomic mass is 10.1. The molecule has 1 aliphatic heterocycles. The van der Waals surface area contributed by atoms with Gasteiger partial charge in [0, 0.05) is 6.07 Å². The quantitative estimate of drug-likeness (QED) is 0.233. The maximum Gasteiger partial charge on any atom is 0.408 e. The van der Waals surface area contributed by atoms with E-state index in [1.54, 1.807) is 6.08 Å². The number of carboxylic acid groups (broad SMARTS) is 1. The maximum atomic E-state index is 12.6. The molecule has 1 aliphatic carbocycles. The van der Waals surface area contributed by atoms with Crippen LogP contribution in [0.1, 0.15) is 27.1 Å². The van der Waals surface area contributed by atoms with Gasteiger partial charge in [-0.25, -0.2) is 4.79 Å². The summed E-state index contributed by atoms with van der Waals surface area (Å²) in [4.78, 5) is 53.5. The average molecular weight is 465 g/mol. The molecule has 3 rings (SSSR count). The second-order valence-corrected chi connectivity index (χ2v) is 8.70. The van der Waals surface area contributed by atoms with Gasteiger partial charge in [0.05, 0.1) is 23.1 Å². The van der Waals surface area contributed by atoms with Gasteiger partial charge in [-0.1, -0.05) is 53.0 Å². The fraction of sp³-hybridized carbons (Fsp3) is 0.312. The molecular weight excluding hydrogens is 453 g/mol. The Hall–Kier alpha value is -2.40. The molecule has 1 aromatic rings. The summed E-state index contributed by atoms with van der Waals surface area (Å²) in [5.74, 6) is -1.89. The van der Waals surface area contributed by atoms with Crippen molar-refractivity contribution in [3.63, 3.8) is 0 Å². The molecule has 13 heteroatoms. The molecule has 2 aliphatic rings. The summed E-state index contributed by atoms with van der Waals surface area (Å²) in [5, 5.41) is 21.0. The highest BCUT2D eigenvalue weighted by atomic mass is 35.6. The van der Waals surface area contributed by atoms with E-state index in [1.165, 1.54) is 18.2 Å². The number of hydrogen-bond acceptors (Lipinski definition) is 6. The Balaban J connectivity index is 1.85. The van der Waals surface area contributed by atoms with Gasteiger partial charge < -0.3 is 5.11 Å². The lowest BCUT2D eigenvalue weighted by Gasteiger charge is -2.33. The van der Waals surface area contributed by atoms with E-state index in [4.69, 9.17) is 39.6 Å². The number of hydrogen-bond donors (Lipinski definition) is 1. The van der Waals surface area contributed by atoms with Gasteiger partial charge in [-0.15, -0.1) is 5.06 Å². The Morgan fingerprint density at radius 2 is 2.03 bits per heavy atom. The number of nitro groups is 1. The molecule has 154 valence electrons. The highest BCUT2D eigenvalue weighted by molar-refractivity contribution is 6.67. The van der Waals surface area contributed by atoms with Crippen LogP contribution in [0, 0.1) is 10.1 Å². The molecule has 0 radical (unpaired) electrons. The molecule has 10 nitrogen and oxygen atoms in total. The van der Waals surface area contributed by atoms with E-state index >= 15 is 0 Å². The van der Waals surface area contributed by atoms with E-state index in [2.05, 4.69) is 0 Å². The van der Waals surface area contributed by atoms with E-state index in [0.29, 0.717) is 5.06 Å². The number of rotatable bonds is 5. The highest BCUT2D eigenvalue weighted by Gasteiger charge is 2.45. The Morgan fingerprint density at radius 1 is 1.34 bits per heavy atom. The van der Waals surface area contributed by atoms with Gasteiger partial charge in [-0.05, 0) is 12.5 Å². The smallest absolute Gasteiger partial charge is 0.408 e. The highest BCUT2D eigenvalue weighted by Crippen LogP contribution is 2.34. The van der Waals surface area contributed by atoms with Crippen LogP contribution in [-0.4, -0.2) is 60.4 Å². The molecule has 29 heavy (non-hydrogen) atoms. The minimum atomic E-state index is -1.91. The Morgan fingerprint density at radius 3 is 2.62 bits per heavy atom. The van der Waals surface area contributed by atoms with Crippen LogP contribution < -0.4 is 0 Å². The van der Waals surface area contributed by atoms with E-state index in [0.717, 1.165) is 11.0 Å². The molecule has 1 aromatic carbocycles. The zero-order valence-electron chi connectivity index (χ0n) is 14.3. The van der Waals surface area contributed by atoms with Crippen molar-refractivity contribution in [1.82, 2.24) is 9.96 Å². The van der Waals surface area contributed by atoms with Crippen molar-refractivity contribution in [2.45, 2.75) is 22.4 Å². The Kier molecular flexibility index (Phi) is 5.72. The van der Waals surface area contributed by atoms with Gasteiger partial charge in [0.2, 0.25) is 3.79 Å². The van der Waals surface area contributed by atoms with Crippen LogP contribution in [0.25, 0.3) is 0 Å². The van der Waals surface area contributed by atoms with E-state index in [9.17, 15) is 29.6 Å². The predicted octanol–water partition coefficient (Wildman–Crippen LogP) is 3.17. The molecule has 0 saturated carbocycles. The van der Waals surface area contributed by atoms with Crippen LogP contribution >= 0.6 is 34.8 Å². The minimum Gasteiger partial charge on any atom is -0.465 e. The minimum absolute atomic E-state index is 0.157. The number of hydroxylamine groups is 2. The second kappa shape index (κ2) is 7.79.